The second-order valence-corrected chi connectivity index (χ2v) is 23.5. The maximum absolute atomic E-state index is 14.2. The van der Waals surface area contributed by atoms with Gasteiger partial charge in [0, 0.05) is 78.0 Å². The van der Waals surface area contributed by atoms with Crippen molar-refractivity contribution in [2.24, 2.45) is 5.73 Å². The van der Waals surface area contributed by atoms with Gasteiger partial charge in [-0.15, -0.1) is 0 Å². The van der Waals surface area contributed by atoms with Crippen molar-refractivity contribution >= 4 is 88.3 Å². The number of carbonyl (C=O) groups excluding carboxylic acids is 4. The predicted octanol–water partition coefficient (Wildman–Crippen LogP) is 10.8. The van der Waals surface area contributed by atoms with Gasteiger partial charge < -0.3 is 45.9 Å². The molecule has 90 heavy (non-hydrogen) atoms. The van der Waals surface area contributed by atoms with Gasteiger partial charge in [-0.3, -0.25) is 24.1 Å². The number of benzene rings is 12. The number of para-hydroxylation sites is 4. The number of nitrogens with two attached hydrogens (primary N) is 1. The van der Waals surface area contributed by atoms with Crippen molar-refractivity contribution in [3.8, 4) is 23.0 Å². The van der Waals surface area contributed by atoms with Crippen LogP contribution in [-0.2, 0) is 58.0 Å². The summed E-state index contributed by atoms with van der Waals surface area (Å²) in [5.74, 6) is 0.874. The normalized spacial score (nSPS) is 14.3. The average Bonchev–Trinajstić information content (AvgIpc) is 0.791. The van der Waals surface area contributed by atoms with E-state index >= 15 is 0 Å². The van der Waals surface area contributed by atoms with Gasteiger partial charge in [0.25, 0.3) is 23.6 Å². The van der Waals surface area contributed by atoms with E-state index in [4.69, 9.17) is 24.7 Å². The Labute approximate surface area is 520 Å². The molecule has 0 fully saturated rings. The SMILES string of the molecule is NCCN1CCNC(=O)COc2c3cccc2Cc2cccc(c2OCC(=O)NCc2ccc4ccc5cccc6ccc2c4c56)Cc2cccc(c2OCC(=O)NCC1)Cc1cccc(c1OCC(=O)NCc1ccc2ccc4cccc5ccc1c2c45)C3. The molecule has 0 saturated heterocycles. The van der Waals surface area contributed by atoms with E-state index in [2.05, 4.69) is 135 Å². The lowest BCUT2D eigenvalue weighted by Gasteiger charge is -2.23. The van der Waals surface area contributed by atoms with E-state index in [0.717, 1.165) is 77.2 Å². The molecule has 2 heterocycles. The maximum Gasteiger partial charge on any atom is 0.258 e. The highest BCUT2D eigenvalue weighted by Gasteiger charge is 2.25. The lowest BCUT2D eigenvalue weighted by Crippen LogP contribution is -2.43. The van der Waals surface area contributed by atoms with E-state index in [1.807, 2.05) is 72.8 Å². The van der Waals surface area contributed by atoms with Crippen molar-refractivity contribution in [3.05, 3.63) is 238 Å². The molecule has 12 aromatic carbocycles. The lowest BCUT2D eigenvalue weighted by molar-refractivity contribution is -0.124. The highest BCUT2D eigenvalue weighted by Crippen LogP contribution is 2.41. The summed E-state index contributed by atoms with van der Waals surface area (Å²) >= 11 is 0. The fourth-order valence-electron chi connectivity index (χ4n) is 13.5. The minimum absolute atomic E-state index is 0.277. The summed E-state index contributed by atoms with van der Waals surface area (Å²) < 4.78 is 27.0. The second-order valence-electron chi connectivity index (χ2n) is 23.5. The zero-order valence-electron chi connectivity index (χ0n) is 49.9. The van der Waals surface area contributed by atoms with E-state index in [9.17, 15) is 19.2 Å². The third kappa shape index (κ3) is 11.8. The van der Waals surface area contributed by atoms with E-state index < -0.39 is 0 Å². The van der Waals surface area contributed by atoms with Crippen LogP contribution in [0.15, 0.2) is 182 Å². The minimum atomic E-state index is -0.312. The fourth-order valence-corrected chi connectivity index (χ4v) is 13.5. The first kappa shape index (κ1) is 57.5. The molecule has 450 valence electrons. The van der Waals surface area contributed by atoms with Gasteiger partial charge >= 0.3 is 0 Å². The first-order chi connectivity index (χ1) is 44.2. The Morgan fingerprint density at radius 3 is 1.14 bits per heavy atom. The van der Waals surface area contributed by atoms with Crippen LogP contribution in [0.3, 0.4) is 0 Å². The van der Waals surface area contributed by atoms with Gasteiger partial charge in [-0.2, -0.15) is 0 Å². The number of rotatable bonds is 12. The highest BCUT2D eigenvalue weighted by atomic mass is 16.5. The van der Waals surface area contributed by atoms with Crippen molar-refractivity contribution in [1.29, 1.82) is 0 Å². The molecule has 0 radical (unpaired) electrons. The van der Waals surface area contributed by atoms with Crippen molar-refractivity contribution in [2.75, 3.05) is 65.7 Å². The Balaban J connectivity index is 0.803. The van der Waals surface area contributed by atoms with E-state index in [-0.39, 0.29) is 50.1 Å². The van der Waals surface area contributed by atoms with Crippen LogP contribution in [0.25, 0.3) is 64.6 Å². The number of nitrogens with one attached hydrogen (secondary N) is 4. The van der Waals surface area contributed by atoms with Gasteiger partial charge in [0.05, 0.1) is 0 Å². The molecule has 6 N–H and O–H groups in total. The molecule has 0 aromatic heterocycles. The molecule has 0 saturated carbocycles. The Morgan fingerprint density at radius 2 is 0.767 bits per heavy atom. The van der Waals surface area contributed by atoms with Gasteiger partial charge in [0.2, 0.25) is 0 Å². The van der Waals surface area contributed by atoms with E-state index in [0.29, 0.717) is 101 Å². The Bertz CT molecular complexity index is 4310. The van der Waals surface area contributed by atoms with Crippen molar-refractivity contribution in [3.63, 3.8) is 0 Å². The third-order valence-corrected chi connectivity index (χ3v) is 17.8. The number of amides is 4. The van der Waals surface area contributed by atoms with Crippen LogP contribution in [0.5, 0.6) is 23.0 Å². The topological polar surface area (TPSA) is 183 Å². The molecule has 0 unspecified atom stereocenters. The molecule has 1 aliphatic carbocycles. The minimum Gasteiger partial charge on any atom is -0.483 e. The zero-order valence-corrected chi connectivity index (χ0v) is 49.9. The molecule has 12 aromatic rings. The maximum atomic E-state index is 14.2. The monoisotopic (exact) mass is 1190 g/mol. The summed E-state index contributed by atoms with van der Waals surface area (Å²) in [5, 5.41) is 26.3. The summed E-state index contributed by atoms with van der Waals surface area (Å²) in [6, 6.07) is 62.1. The molecule has 14 nitrogen and oxygen atoms in total. The Morgan fingerprint density at radius 1 is 0.433 bits per heavy atom. The molecule has 14 heteroatoms. The second kappa shape index (κ2) is 25.4. The van der Waals surface area contributed by atoms with Gasteiger partial charge in [-0.05, 0) is 120 Å². The first-order valence-electron chi connectivity index (χ1n) is 30.9. The molecular weight excluding hydrogens is 1120 g/mol. The average molecular weight is 1190 g/mol. The van der Waals surface area contributed by atoms with Crippen LogP contribution in [0.1, 0.15) is 55.6 Å². The number of fused-ring (bicyclic) bond motifs is 12. The van der Waals surface area contributed by atoms with Crippen LogP contribution < -0.4 is 45.9 Å². The van der Waals surface area contributed by atoms with Gasteiger partial charge in [0.15, 0.2) is 26.4 Å². The third-order valence-electron chi connectivity index (χ3n) is 17.8. The van der Waals surface area contributed by atoms with Crippen LogP contribution >= 0.6 is 0 Å². The Hall–Kier alpha value is -10.3. The van der Waals surface area contributed by atoms with E-state index in [1.54, 1.807) is 0 Å². The van der Waals surface area contributed by atoms with Crippen molar-refractivity contribution in [2.45, 2.75) is 38.8 Å². The van der Waals surface area contributed by atoms with Crippen molar-refractivity contribution in [1.82, 2.24) is 26.2 Å². The molecular formula is C76H68N6O8. The summed E-state index contributed by atoms with van der Waals surface area (Å²) in [7, 11) is 0. The van der Waals surface area contributed by atoms with Gasteiger partial charge in [-0.25, -0.2) is 0 Å². The fraction of sp³-hybridized carbons (Fsp3) is 0.211. The largest absolute Gasteiger partial charge is 0.483 e. The number of hydrogen-bond donors (Lipinski definition) is 5. The smallest absolute Gasteiger partial charge is 0.258 e. The summed E-state index contributed by atoms with van der Waals surface area (Å²) in [6.07, 6.45) is 1.19. The molecule has 2 aliphatic heterocycles. The number of carbonyl (C=O) groups is 4. The van der Waals surface area contributed by atoms with Crippen LogP contribution in [0, 0.1) is 0 Å². The molecule has 4 amide bonds. The molecule has 15 rings (SSSR count). The standard InChI is InChI=1S/C76H68N6O8/c77-31-34-82-35-32-78-65(83)43-87-73-53-11-3-13-55(73)39-59-17-6-18-60(76(59)90-46-68(86)81-42-62-26-24-52-22-20-48-8-2-10-50-28-30-64(62)72(52)70(48)50)40-56-14-4-12-54(74(56)88-44-66(84)79-33-36-82)38-58-16-5-15-57(37-53)75(58)89-45-67(85)80-41-61-25-23-51-21-19-47-7-1-9-49-27-29-63(61)71(51)69(47)49/h1-30H,31-46,77H2,(H,78,83)(H,79,84)(H,80,85)(H,81,86). The van der Waals surface area contributed by atoms with Crippen molar-refractivity contribution < 1.29 is 38.1 Å². The highest BCUT2D eigenvalue weighted by molar-refractivity contribution is 6.24. The van der Waals surface area contributed by atoms with E-state index in [1.165, 1.54) is 43.1 Å². The first-order valence-corrected chi connectivity index (χ1v) is 30.9. The van der Waals surface area contributed by atoms with Crippen LogP contribution in [0.2, 0.25) is 0 Å². The molecule has 0 atom stereocenters. The van der Waals surface area contributed by atoms with Crippen LogP contribution in [0.4, 0.5) is 0 Å². The zero-order chi connectivity index (χ0) is 61.1. The number of hydrogen-bond acceptors (Lipinski definition) is 10. The Kier molecular flexibility index (Phi) is 16.2. The van der Waals surface area contributed by atoms with Gasteiger partial charge in [-0.1, -0.05) is 182 Å². The number of ether oxygens (including phenoxy) is 4. The lowest BCUT2D eigenvalue weighted by atomic mass is 9.91. The number of nitrogens with zero attached hydrogens (tertiary/aromatic N) is 1. The molecule has 0 spiro atoms. The quantitative estimate of drug-likeness (QED) is 0.0583. The summed E-state index contributed by atoms with van der Waals surface area (Å²) in [6.45, 7) is 2.12. The molecule has 10 bridgehead atoms. The molecule has 3 aliphatic rings. The predicted molar refractivity (Wildman–Crippen MR) is 354 cm³/mol. The summed E-state index contributed by atoms with van der Waals surface area (Å²) in [4.78, 5) is 58.2. The van der Waals surface area contributed by atoms with Gasteiger partial charge in [0.1, 0.15) is 23.0 Å². The summed E-state index contributed by atoms with van der Waals surface area (Å²) in [5.41, 5.74) is 14.3. The van der Waals surface area contributed by atoms with Crippen LogP contribution in [-0.4, -0.2) is 94.2 Å².